The number of hydrogen-bond acceptors (Lipinski definition) is 3. The van der Waals surface area contributed by atoms with Gasteiger partial charge in [-0.15, -0.1) is 0 Å². The minimum absolute atomic E-state index is 0. The summed E-state index contributed by atoms with van der Waals surface area (Å²) in [5, 5.41) is 10.6. The van der Waals surface area contributed by atoms with E-state index < -0.39 is 5.97 Å². The molecule has 0 radical (unpaired) electrons. The van der Waals surface area contributed by atoms with Crippen LogP contribution in [0.3, 0.4) is 0 Å². The molecule has 2 aromatic heterocycles. The summed E-state index contributed by atoms with van der Waals surface area (Å²) in [7, 11) is 0. The molecule has 0 unspecified atom stereocenters. The molecule has 16 heavy (non-hydrogen) atoms. The van der Waals surface area contributed by atoms with Crippen molar-refractivity contribution >= 4 is 5.97 Å². The average Bonchev–Trinajstić information content (AvgIpc) is 2.87. The third-order valence-corrected chi connectivity index (χ3v) is 2.13. The zero-order valence-corrected chi connectivity index (χ0v) is 8.36. The molecule has 0 fully saturated rings. The molecular formula is C9H12N4O3. The van der Waals surface area contributed by atoms with Crippen molar-refractivity contribution in [1.82, 2.24) is 15.0 Å². The monoisotopic (exact) mass is 224 g/mol. The minimum Gasteiger partial charge on any atom is -0.550 e. The fourth-order valence-corrected chi connectivity index (χ4v) is 1.48. The van der Waals surface area contributed by atoms with Crippen LogP contribution in [0.25, 0.3) is 0 Å². The number of aromatic amines is 3. The Balaban J connectivity index is 0.00000128. The van der Waals surface area contributed by atoms with E-state index in [-0.39, 0.29) is 17.8 Å². The number of aromatic nitrogens is 4. The number of H-pyrrole nitrogens is 3. The van der Waals surface area contributed by atoms with Gasteiger partial charge in [0, 0.05) is 24.8 Å². The molecule has 2 rings (SSSR count). The first-order valence-corrected chi connectivity index (χ1v) is 4.51. The number of hydrogen-bond donors (Lipinski definition) is 2. The van der Waals surface area contributed by atoms with Crippen molar-refractivity contribution in [3.8, 4) is 0 Å². The van der Waals surface area contributed by atoms with E-state index in [1.165, 1.54) is 0 Å². The van der Waals surface area contributed by atoms with Crippen LogP contribution in [0.5, 0.6) is 0 Å². The molecule has 0 aliphatic carbocycles. The molecule has 1 atom stereocenters. The van der Waals surface area contributed by atoms with Gasteiger partial charge in [0.1, 0.15) is 24.1 Å². The molecular weight excluding hydrogens is 212 g/mol. The summed E-state index contributed by atoms with van der Waals surface area (Å²) >= 11 is 0. The van der Waals surface area contributed by atoms with Crippen molar-refractivity contribution in [3.63, 3.8) is 0 Å². The lowest BCUT2D eigenvalue weighted by Gasteiger charge is -2.08. The molecule has 2 heterocycles. The Hall–Kier alpha value is -2.15. The Bertz CT molecular complexity index is 389. The lowest BCUT2D eigenvalue weighted by molar-refractivity contribution is -0.391. The molecule has 0 amide bonds. The van der Waals surface area contributed by atoms with E-state index in [1.807, 2.05) is 0 Å². The Labute approximate surface area is 90.9 Å². The SMILES string of the molecule is O.O=C([O-])C[C@@H](c1ncc[nH]1)c1[nH]cc[nH+]1. The van der Waals surface area contributed by atoms with Crippen LogP contribution >= 0.6 is 0 Å². The number of nitrogens with zero attached hydrogens (tertiary/aromatic N) is 1. The first kappa shape index (κ1) is 11.9. The van der Waals surface area contributed by atoms with E-state index >= 15 is 0 Å². The number of nitrogens with one attached hydrogen (secondary N) is 3. The first-order chi connectivity index (χ1) is 7.27. The number of imidazole rings is 2. The molecule has 0 spiro atoms. The van der Waals surface area contributed by atoms with Crippen LogP contribution in [0.4, 0.5) is 0 Å². The van der Waals surface area contributed by atoms with Crippen LogP contribution in [0.15, 0.2) is 24.8 Å². The Morgan fingerprint density at radius 2 is 2.31 bits per heavy atom. The van der Waals surface area contributed by atoms with E-state index in [0.717, 1.165) is 0 Å². The van der Waals surface area contributed by atoms with Gasteiger partial charge in [-0.1, -0.05) is 0 Å². The average molecular weight is 224 g/mol. The van der Waals surface area contributed by atoms with Gasteiger partial charge in [0.05, 0.1) is 0 Å². The molecule has 2 aromatic rings. The predicted molar refractivity (Wildman–Crippen MR) is 51.0 cm³/mol. The highest BCUT2D eigenvalue weighted by molar-refractivity contribution is 5.65. The highest BCUT2D eigenvalue weighted by Gasteiger charge is 2.23. The lowest BCUT2D eigenvalue weighted by atomic mass is 10.0. The molecule has 7 heteroatoms. The zero-order valence-electron chi connectivity index (χ0n) is 8.36. The molecule has 7 nitrogen and oxygen atoms in total. The van der Waals surface area contributed by atoms with Gasteiger partial charge >= 0.3 is 0 Å². The third-order valence-electron chi connectivity index (χ3n) is 2.13. The fraction of sp³-hybridized carbons (Fsp3) is 0.222. The number of carbonyl (C=O) groups is 1. The second kappa shape index (κ2) is 5.08. The molecule has 86 valence electrons. The van der Waals surface area contributed by atoms with E-state index in [4.69, 9.17) is 0 Å². The summed E-state index contributed by atoms with van der Waals surface area (Å²) in [5.41, 5.74) is 0. The first-order valence-electron chi connectivity index (χ1n) is 4.51. The Kier molecular flexibility index (Phi) is 3.78. The van der Waals surface area contributed by atoms with Crippen molar-refractivity contribution in [1.29, 1.82) is 0 Å². The maximum absolute atomic E-state index is 10.6. The summed E-state index contributed by atoms with van der Waals surface area (Å²) in [6.07, 6.45) is 6.51. The van der Waals surface area contributed by atoms with Gasteiger partial charge in [-0.25, -0.2) is 15.0 Å². The maximum atomic E-state index is 10.6. The van der Waals surface area contributed by atoms with E-state index in [9.17, 15) is 9.90 Å². The topological polar surface area (TPSA) is 130 Å². The molecule has 5 N–H and O–H groups in total. The normalized spacial score (nSPS) is 11.8. The van der Waals surface area contributed by atoms with Crippen molar-refractivity contribution in [2.45, 2.75) is 12.3 Å². The molecule has 0 saturated heterocycles. The van der Waals surface area contributed by atoms with Crippen LogP contribution in [0.2, 0.25) is 0 Å². The van der Waals surface area contributed by atoms with Crippen LogP contribution in [-0.4, -0.2) is 26.4 Å². The van der Waals surface area contributed by atoms with Gasteiger partial charge in [0.25, 0.3) is 5.82 Å². The third kappa shape index (κ3) is 2.45. The molecule has 0 aliphatic rings. The standard InChI is InChI=1S/C9H10N4O2.H2O/c14-7(15)5-6(8-10-1-2-11-8)9-12-3-4-13-9;/h1-4,6H,5H2,(H,10,11)(H,12,13)(H,14,15);1H2. The maximum Gasteiger partial charge on any atom is 0.263 e. The summed E-state index contributed by atoms with van der Waals surface area (Å²) in [5.74, 6) is -0.188. The zero-order chi connectivity index (χ0) is 10.7. The second-order valence-electron chi connectivity index (χ2n) is 3.14. The van der Waals surface area contributed by atoms with Gasteiger partial charge in [-0.3, -0.25) is 0 Å². The number of aliphatic carboxylic acids is 1. The Morgan fingerprint density at radius 3 is 2.81 bits per heavy atom. The van der Waals surface area contributed by atoms with Crippen molar-refractivity contribution in [2.75, 3.05) is 0 Å². The van der Waals surface area contributed by atoms with Crippen LogP contribution in [-0.2, 0) is 4.79 Å². The minimum atomic E-state index is -1.11. The van der Waals surface area contributed by atoms with Crippen LogP contribution < -0.4 is 10.1 Å². The number of carboxylic acid groups (broad SMARTS) is 1. The van der Waals surface area contributed by atoms with Crippen molar-refractivity contribution in [3.05, 3.63) is 36.4 Å². The van der Waals surface area contributed by atoms with Crippen molar-refractivity contribution < 1.29 is 20.4 Å². The van der Waals surface area contributed by atoms with Gasteiger partial charge in [0.15, 0.2) is 0 Å². The number of rotatable bonds is 4. The molecule has 0 aliphatic heterocycles. The lowest BCUT2D eigenvalue weighted by Crippen LogP contribution is -2.27. The molecule has 0 bridgehead atoms. The summed E-state index contributed by atoms with van der Waals surface area (Å²) in [6.45, 7) is 0. The summed E-state index contributed by atoms with van der Waals surface area (Å²) in [4.78, 5) is 23.4. The summed E-state index contributed by atoms with van der Waals surface area (Å²) < 4.78 is 0. The van der Waals surface area contributed by atoms with Gasteiger partial charge in [0.2, 0.25) is 0 Å². The van der Waals surface area contributed by atoms with Crippen LogP contribution in [0.1, 0.15) is 24.0 Å². The van der Waals surface area contributed by atoms with E-state index in [1.54, 1.807) is 24.8 Å². The predicted octanol–water partition coefficient (Wildman–Crippen LogP) is -2.00. The van der Waals surface area contributed by atoms with E-state index in [2.05, 4.69) is 19.9 Å². The smallest absolute Gasteiger partial charge is 0.263 e. The fourth-order valence-electron chi connectivity index (χ4n) is 1.48. The highest BCUT2D eigenvalue weighted by Crippen LogP contribution is 2.19. The Morgan fingerprint density at radius 1 is 1.50 bits per heavy atom. The second-order valence-corrected chi connectivity index (χ2v) is 3.14. The molecule has 0 saturated carbocycles. The van der Waals surface area contributed by atoms with Crippen LogP contribution in [0, 0.1) is 0 Å². The quantitative estimate of drug-likeness (QED) is 0.622. The molecule has 0 aromatic carbocycles. The summed E-state index contributed by atoms with van der Waals surface area (Å²) in [6, 6.07) is 0. The largest absolute Gasteiger partial charge is 0.550 e. The van der Waals surface area contributed by atoms with Crippen molar-refractivity contribution in [2.24, 2.45) is 0 Å². The van der Waals surface area contributed by atoms with Gasteiger partial charge in [-0.05, 0) is 0 Å². The van der Waals surface area contributed by atoms with Gasteiger partial charge < -0.3 is 20.4 Å². The van der Waals surface area contributed by atoms with E-state index in [0.29, 0.717) is 11.6 Å². The van der Waals surface area contributed by atoms with Gasteiger partial charge in [-0.2, -0.15) is 0 Å². The highest BCUT2D eigenvalue weighted by atomic mass is 16.4. The number of carboxylic acids is 1. The number of carbonyl (C=O) groups excluding carboxylic acids is 1.